The maximum absolute atomic E-state index is 12.5. The van der Waals surface area contributed by atoms with Gasteiger partial charge >= 0.3 is 0 Å². The van der Waals surface area contributed by atoms with E-state index in [0.717, 1.165) is 11.3 Å². The van der Waals surface area contributed by atoms with Crippen LogP contribution < -0.4 is 10.1 Å². The first-order valence-electron chi connectivity index (χ1n) is 8.28. The Morgan fingerprint density at radius 1 is 1.08 bits per heavy atom. The van der Waals surface area contributed by atoms with Crippen molar-refractivity contribution < 1.29 is 17.9 Å². The van der Waals surface area contributed by atoms with Crippen LogP contribution in [-0.4, -0.2) is 32.4 Å². The number of rotatable bonds is 6. The highest BCUT2D eigenvalue weighted by molar-refractivity contribution is 7.91. The second-order valence-corrected chi connectivity index (χ2v) is 8.47. The predicted molar refractivity (Wildman–Crippen MR) is 96.3 cm³/mol. The van der Waals surface area contributed by atoms with Crippen LogP contribution in [0.1, 0.15) is 22.3 Å². The van der Waals surface area contributed by atoms with Crippen molar-refractivity contribution in [3.05, 3.63) is 65.7 Å². The first kappa shape index (κ1) is 17.5. The second-order valence-electron chi connectivity index (χ2n) is 6.24. The number of carbonyl (C=O) groups excluding carboxylic acids is 1. The van der Waals surface area contributed by atoms with Gasteiger partial charge in [0.05, 0.1) is 11.5 Å². The number of nitrogens with one attached hydrogen (secondary N) is 1. The number of sulfone groups is 1. The Kier molecular flexibility index (Phi) is 5.38. The summed E-state index contributed by atoms with van der Waals surface area (Å²) in [6.45, 7) is 0.678. The highest BCUT2D eigenvalue weighted by atomic mass is 32.2. The molecule has 1 aliphatic rings. The van der Waals surface area contributed by atoms with E-state index in [0.29, 0.717) is 25.1 Å². The molecule has 5 nitrogen and oxygen atoms in total. The fraction of sp³-hybridized carbons (Fsp3) is 0.316. The third kappa shape index (κ3) is 4.82. The molecule has 0 aliphatic carbocycles. The van der Waals surface area contributed by atoms with Crippen LogP contribution in [-0.2, 0) is 16.4 Å². The molecule has 132 valence electrons. The van der Waals surface area contributed by atoms with Gasteiger partial charge in [-0.05, 0) is 30.5 Å². The van der Waals surface area contributed by atoms with Crippen molar-refractivity contribution in [3.8, 4) is 5.75 Å². The molecule has 2 aromatic rings. The van der Waals surface area contributed by atoms with Gasteiger partial charge in [0, 0.05) is 17.7 Å². The molecule has 6 heteroatoms. The highest BCUT2D eigenvalue weighted by Gasteiger charge is 2.28. The minimum atomic E-state index is -2.93. The topological polar surface area (TPSA) is 72.5 Å². The maximum Gasteiger partial charge on any atom is 0.251 e. The summed E-state index contributed by atoms with van der Waals surface area (Å²) in [5.74, 6) is 0.924. The van der Waals surface area contributed by atoms with Gasteiger partial charge < -0.3 is 10.1 Å². The zero-order valence-electron chi connectivity index (χ0n) is 13.9. The fourth-order valence-electron chi connectivity index (χ4n) is 2.91. The molecule has 1 fully saturated rings. The van der Waals surface area contributed by atoms with Gasteiger partial charge in [0.2, 0.25) is 0 Å². The lowest BCUT2D eigenvalue weighted by Crippen LogP contribution is -2.30. The van der Waals surface area contributed by atoms with Gasteiger partial charge in [0.15, 0.2) is 9.84 Å². The van der Waals surface area contributed by atoms with Gasteiger partial charge in [-0.1, -0.05) is 36.4 Å². The zero-order valence-corrected chi connectivity index (χ0v) is 14.7. The minimum Gasteiger partial charge on any atom is -0.489 e. The summed E-state index contributed by atoms with van der Waals surface area (Å²) >= 11 is 0. The molecule has 0 aromatic heterocycles. The molecule has 1 N–H and O–H groups in total. The van der Waals surface area contributed by atoms with Gasteiger partial charge in [0.25, 0.3) is 5.91 Å². The molecule has 1 heterocycles. The number of carbonyl (C=O) groups is 1. The molecule has 1 aliphatic heterocycles. The Balaban J connectivity index is 1.60. The third-order valence-electron chi connectivity index (χ3n) is 4.28. The summed E-state index contributed by atoms with van der Waals surface area (Å²) in [4.78, 5) is 12.5. The first-order chi connectivity index (χ1) is 12.0. The Bertz CT molecular complexity index is 834. The summed E-state index contributed by atoms with van der Waals surface area (Å²) in [5, 5.41) is 2.86. The number of hydrogen-bond donors (Lipinski definition) is 1. The molecule has 0 radical (unpaired) electrons. The van der Waals surface area contributed by atoms with Crippen molar-refractivity contribution in [2.24, 2.45) is 5.92 Å². The van der Waals surface area contributed by atoms with Crippen LogP contribution in [0.3, 0.4) is 0 Å². The van der Waals surface area contributed by atoms with Gasteiger partial charge in [-0.3, -0.25) is 4.79 Å². The molecular weight excluding hydrogens is 338 g/mol. The quantitative estimate of drug-likeness (QED) is 0.860. The summed E-state index contributed by atoms with van der Waals surface area (Å²) < 4.78 is 28.7. The van der Waals surface area contributed by atoms with Crippen LogP contribution >= 0.6 is 0 Å². The standard InChI is InChI=1S/C19H21NO4S/c21-19(20-12-15-10-11-25(22,23)14-15)18-9-5-4-6-16(18)13-24-17-7-2-1-3-8-17/h1-9,15H,10-14H2,(H,20,21). The number of hydrogen-bond acceptors (Lipinski definition) is 4. The second kappa shape index (κ2) is 7.70. The smallest absolute Gasteiger partial charge is 0.251 e. The van der Waals surface area contributed by atoms with Crippen LogP contribution in [0.4, 0.5) is 0 Å². The molecular formula is C19H21NO4S. The van der Waals surface area contributed by atoms with Gasteiger partial charge in [0.1, 0.15) is 12.4 Å². The van der Waals surface area contributed by atoms with Gasteiger partial charge in [-0.2, -0.15) is 0 Å². The van der Waals surface area contributed by atoms with Crippen molar-refractivity contribution in [2.45, 2.75) is 13.0 Å². The van der Waals surface area contributed by atoms with E-state index in [1.54, 1.807) is 12.1 Å². The van der Waals surface area contributed by atoms with E-state index in [1.807, 2.05) is 42.5 Å². The van der Waals surface area contributed by atoms with E-state index in [4.69, 9.17) is 4.74 Å². The summed E-state index contributed by atoms with van der Waals surface area (Å²) in [7, 11) is -2.93. The van der Waals surface area contributed by atoms with Crippen molar-refractivity contribution in [1.82, 2.24) is 5.32 Å². The van der Waals surface area contributed by atoms with Crippen LogP contribution in [0.2, 0.25) is 0 Å². The molecule has 1 saturated heterocycles. The van der Waals surface area contributed by atoms with Crippen molar-refractivity contribution in [3.63, 3.8) is 0 Å². The lowest BCUT2D eigenvalue weighted by molar-refractivity contribution is 0.0946. The largest absolute Gasteiger partial charge is 0.489 e. The van der Waals surface area contributed by atoms with E-state index in [9.17, 15) is 13.2 Å². The van der Waals surface area contributed by atoms with E-state index in [1.165, 1.54) is 0 Å². The lowest BCUT2D eigenvalue weighted by atomic mass is 10.1. The van der Waals surface area contributed by atoms with Crippen LogP contribution in [0, 0.1) is 5.92 Å². The Hall–Kier alpha value is -2.34. The monoisotopic (exact) mass is 359 g/mol. The molecule has 1 amide bonds. The first-order valence-corrected chi connectivity index (χ1v) is 10.1. The van der Waals surface area contributed by atoms with E-state index >= 15 is 0 Å². The Morgan fingerprint density at radius 3 is 2.52 bits per heavy atom. The Morgan fingerprint density at radius 2 is 1.80 bits per heavy atom. The average Bonchev–Trinajstić information content (AvgIpc) is 2.98. The number of benzene rings is 2. The highest BCUT2D eigenvalue weighted by Crippen LogP contribution is 2.18. The number of ether oxygens (including phenoxy) is 1. The number of amides is 1. The average molecular weight is 359 g/mol. The third-order valence-corrected chi connectivity index (χ3v) is 6.11. The Labute approximate surface area is 147 Å². The summed E-state index contributed by atoms with van der Waals surface area (Å²) in [6, 6.07) is 16.7. The number of para-hydroxylation sites is 1. The zero-order chi connectivity index (χ0) is 17.7. The van der Waals surface area contributed by atoms with Gasteiger partial charge in [-0.15, -0.1) is 0 Å². The molecule has 2 aromatic carbocycles. The molecule has 3 rings (SSSR count). The van der Waals surface area contributed by atoms with Crippen molar-refractivity contribution in [1.29, 1.82) is 0 Å². The summed E-state index contributed by atoms with van der Waals surface area (Å²) in [6.07, 6.45) is 0.612. The van der Waals surface area contributed by atoms with Gasteiger partial charge in [-0.25, -0.2) is 8.42 Å². The molecule has 1 atom stereocenters. The molecule has 0 bridgehead atoms. The van der Waals surface area contributed by atoms with Crippen molar-refractivity contribution >= 4 is 15.7 Å². The normalized spacial score (nSPS) is 18.6. The summed E-state index contributed by atoms with van der Waals surface area (Å²) in [5.41, 5.74) is 1.35. The van der Waals surface area contributed by atoms with E-state index in [2.05, 4.69) is 5.32 Å². The molecule has 1 unspecified atom stereocenters. The molecule has 0 spiro atoms. The van der Waals surface area contributed by atoms with Crippen LogP contribution in [0.25, 0.3) is 0 Å². The van der Waals surface area contributed by atoms with E-state index < -0.39 is 9.84 Å². The maximum atomic E-state index is 12.5. The minimum absolute atomic E-state index is 0.00156. The molecule has 25 heavy (non-hydrogen) atoms. The van der Waals surface area contributed by atoms with Crippen LogP contribution in [0.15, 0.2) is 54.6 Å². The SMILES string of the molecule is O=C(NCC1CCS(=O)(=O)C1)c1ccccc1COc1ccccc1. The predicted octanol–water partition coefficient (Wildman–Crippen LogP) is 2.43. The van der Waals surface area contributed by atoms with E-state index in [-0.39, 0.29) is 23.3 Å². The molecule has 0 saturated carbocycles. The fourth-order valence-corrected chi connectivity index (χ4v) is 4.77. The van der Waals surface area contributed by atoms with Crippen molar-refractivity contribution in [2.75, 3.05) is 18.1 Å². The lowest BCUT2D eigenvalue weighted by Gasteiger charge is -2.13. The van der Waals surface area contributed by atoms with Crippen LogP contribution in [0.5, 0.6) is 5.75 Å².